The average molecular weight is 282 g/mol. The lowest BCUT2D eigenvalue weighted by atomic mass is 10.2. The molecule has 0 fully saturated rings. The zero-order valence-electron chi connectivity index (χ0n) is 8.67. The first-order valence-corrected chi connectivity index (χ1v) is 5.86. The van der Waals surface area contributed by atoms with Gasteiger partial charge in [-0.25, -0.2) is 4.68 Å². The second kappa shape index (κ2) is 5.23. The van der Waals surface area contributed by atoms with Gasteiger partial charge < -0.3 is 5.11 Å². The molecule has 0 spiro atoms. The van der Waals surface area contributed by atoms with Crippen LogP contribution < -0.4 is 0 Å². The Kier molecular flexibility index (Phi) is 3.69. The number of aliphatic hydroxyl groups excluding tert-OH is 1. The van der Waals surface area contributed by atoms with Crippen molar-refractivity contribution in [3.63, 3.8) is 0 Å². The topological polar surface area (TPSA) is 50.9 Å². The van der Waals surface area contributed by atoms with Gasteiger partial charge in [0.15, 0.2) is 0 Å². The highest BCUT2D eigenvalue weighted by Crippen LogP contribution is 2.21. The molecule has 0 amide bonds. The minimum atomic E-state index is 0.164. The monoisotopic (exact) mass is 281 g/mol. The number of aromatic nitrogens is 3. The Morgan fingerprint density at radius 1 is 1.38 bits per heavy atom. The molecular formula is C11H12BrN3O. The summed E-state index contributed by atoms with van der Waals surface area (Å²) in [6.45, 7) is 0.843. The lowest BCUT2D eigenvalue weighted by Gasteiger charge is -2.05. The summed E-state index contributed by atoms with van der Waals surface area (Å²) < 4.78 is 2.83. The normalized spacial score (nSPS) is 10.6. The predicted octanol–water partition coefficient (Wildman–Crippen LogP) is 2.09. The fourth-order valence-corrected chi connectivity index (χ4v) is 1.91. The number of rotatable bonds is 4. The molecule has 2 rings (SSSR count). The summed E-state index contributed by atoms with van der Waals surface area (Å²) in [7, 11) is 0. The first-order chi connectivity index (χ1) is 7.81. The molecule has 1 aromatic carbocycles. The molecule has 0 saturated carbocycles. The second-order valence-electron chi connectivity index (χ2n) is 3.43. The third kappa shape index (κ3) is 2.48. The predicted molar refractivity (Wildman–Crippen MR) is 64.9 cm³/mol. The summed E-state index contributed by atoms with van der Waals surface area (Å²) in [5.41, 5.74) is 2.03. The lowest BCUT2D eigenvalue weighted by Crippen LogP contribution is -2.04. The quantitative estimate of drug-likeness (QED) is 0.934. The van der Waals surface area contributed by atoms with Crippen LogP contribution in [0.2, 0.25) is 0 Å². The first-order valence-electron chi connectivity index (χ1n) is 5.06. The van der Waals surface area contributed by atoms with Gasteiger partial charge >= 0.3 is 0 Å². The van der Waals surface area contributed by atoms with E-state index in [9.17, 15) is 0 Å². The van der Waals surface area contributed by atoms with Crippen LogP contribution in [0.25, 0.3) is 11.3 Å². The van der Waals surface area contributed by atoms with Crippen molar-refractivity contribution in [2.45, 2.75) is 13.0 Å². The molecule has 0 aliphatic heterocycles. The van der Waals surface area contributed by atoms with Gasteiger partial charge in [0.05, 0.1) is 11.9 Å². The molecule has 5 heteroatoms. The van der Waals surface area contributed by atoms with E-state index in [0.717, 1.165) is 15.7 Å². The van der Waals surface area contributed by atoms with E-state index < -0.39 is 0 Å². The number of aliphatic hydroxyl groups is 1. The average Bonchev–Trinajstić information content (AvgIpc) is 2.74. The SMILES string of the molecule is OCCCn1nncc1-c1cccc(Br)c1. The van der Waals surface area contributed by atoms with Crippen molar-refractivity contribution in [1.29, 1.82) is 0 Å². The van der Waals surface area contributed by atoms with Gasteiger partial charge in [0.1, 0.15) is 0 Å². The molecule has 0 saturated heterocycles. The van der Waals surface area contributed by atoms with E-state index >= 15 is 0 Å². The van der Waals surface area contributed by atoms with Crippen molar-refractivity contribution in [3.8, 4) is 11.3 Å². The molecule has 0 aliphatic carbocycles. The van der Waals surface area contributed by atoms with E-state index in [4.69, 9.17) is 5.11 Å². The molecule has 0 unspecified atom stereocenters. The minimum absolute atomic E-state index is 0.164. The van der Waals surface area contributed by atoms with Gasteiger partial charge in [-0.3, -0.25) is 0 Å². The summed E-state index contributed by atoms with van der Waals surface area (Å²) in [5.74, 6) is 0. The molecule has 4 nitrogen and oxygen atoms in total. The second-order valence-corrected chi connectivity index (χ2v) is 4.35. The Balaban J connectivity index is 2.29. The summed E-state index contributed by atoms with van der Waals surface area (Å²) in [6.07, 6.45) is 2.42. The molecule has 1 N–H and O–H groups in total. The van der Waals surface area contributed by atoms with E-state index in [1.165, 1.54) is 0 Å². The highest BCUT2D eigenvalue weighted by Gasteiger charge is 2.06. The van der Waals surface area contributed by atoms with Crippen LogP contribution in [0.4, 0.5) is 0 Å². The van der Waals surface area contributed by atoms with E-state index in [-0.39, 0.29) is 6.61 Å². The van der Waals surface area contributed by atoms with Crippen LogP contribution >= 0.6 is 15.9 Å². The van der Waals surface area contributed by atoms with Crippen molar-refractivity contribution < 1.29 is 5.11 Å². The van der Waals surface area contributed by atoms with Gasteiger partial charge in [-0.15, -0.1) is 5.10 Å². The Labute approximate surface area is 102 Å². The Hall–Kier alpha value is -1.20. The molecule has 0 aliphatic rings. The van der Waals surface area contributed by atoms with Crippen LogP contribution in [0, 0.1) is 0 Å². The maximum atomic E-state index is 8.80. The van der Waals surface area contributed by atoms with Crippen LogP contribution in [-0.4, -0.2) is 26.7 Å². The Morgan fingerprint density at radius 2 is 2.25 bits per heavy atom. The molecule has 84 valence electrons. The Bertz CT molecular complexity index is 470. The minimum Gasteiger partial charge on any atom is -0.396 e. The van der Waals surface area contributed by atoms with Crippen LogP contribution in [-0.2, 0) is 6.54 Å². The number of hydrogen-bond acceptors (Lipinski definition) is 3. The summed E-state index contributed by atoms with van der Waals surface area (Å²) in [6, 6.07) is 7.99. The van der Waals surface area contributed by atoms with Crippen molar-refractivity contribution in [2.24, 2.45) is 0 Å². The van der Waals surface area contributed by atoms with Crippen LogP contribution in [0.5, 0.6) is 0 Å². The standard InChI is InChI=1S/C11H12BrN3O/c12-10-4-1-3-9(7-10)11-8-13-14-15(11)5-2-6-16/h1,3-4,7-8,16H,2,5-6H2. The van der Waals surface area contributed by atoms with Gasteiger partial charge in [-0.05, 0) is 18.6 Å². The first kappa shape index (κ1) is 11.3. The highest BCUT2D eigenvalue weighted by atomic mass is 79.9. The molecule has 0 radical (unpaired) electrons. The number of hydrogen-bond donors (Lipinski definition) is 1. The maximum Gasteiger partial charge on any atom is 0.0885 e. The van der Waals surface area contributed by atoms with E-state index in [1.807, 2.05) is 24.3 Å². The largest absolute Gasteiger partial charge is 0.396 e. The number of nitrogens with zero attached hydrogens (tertiary/aromatic N) is 3. The zero-order valence-corrected chi connectivity index (χ0v) is 10.3. The zero-order chi connectivity index (χ0) is 11.4. The van der Waals surface area contributed by atoms with Gasteiger partial charge in [-0.2, -0.15) is 0 Å². The molecule has 16 heavy (non-hydrogen) atoms. The van der Waals surface area contributed by atoms with Crippen LogP contribution in [0.3, 0.4) is 0 Å². The summed E-state index contributed by atoms with van der Waals surface area (Å²) >= 11 is 3.43. The highest BCUT2D eigenvalue weighted by molar-refractivity contribution is 9.10. The van der Waals surface area contributed by atoms with E-state index in [1.54, 1.807) is 10.9 Å². The van der Waals surface area contributed by atoms with Gasteiger partial charge in [0.25, 0.3) is 0 Å². The summed E-state index contributed by atoms with van der Waals surface area (Å²) in [4.78, 5) is 0. The summed E-state index contributed by atoms with van der Waals surface area (Å²) in [5, 5.41) is 16.7. The molecule has 0 atom stereocenters. The number of halogens is 1. The molecule has 1 aromatic heterocycles. The van der Waals surface area contributed by atoms with Gasteiger partial charge in [0.2, 0.25) is 0 Å². The van der Waals surface area contributed by atoms with Crippen LogP contribution in [0.15, 0.2) is 34.9 Å². The molecule has 0 bridgehead atoms. The van der Waals surface area contributed by atoms with Gasteiger partial charge in [0, 0.05) is 23.2 Å². The van der Waals surface area contributed by atoms with Crippen molar-refractivity contribution in [2.75, 3.05) is 6.61 Å². The Morgan fingerprint density at radius 3 is 3.00 bits per heavy atom. The molecular weight excluding hydrogens is 270 g/mol. The number of aryl methyl sites for hydroxylation is 1. The molecule has 2 aromatic rings. The van der Waals surface area contributed by atoms with Crippen molar-refractivity contribution in [3.05, 3.63) is 34.9 Å². The lowest BCUT2D eigenvalue weighted by molar-refractivity contribution is 0.276. The third-order valence-corrected chi connectivity index (χ3v) is 2.76. The molecule has 1 heterocycles. The van der Waals surface area contributed by atoms with Crippen molar-refractivity contribution >= 4 is 15.9 Å². The smallest absolute Gasteiger partial charge is 0.0885 e. The van der Waals surface area contributed by atoms with E-state index in [0.29, 0.717) is 13.0 Å². The fourth-order valence-electron chi connectivity index (χ4n) is 1.51. The van der Waals surface area contributed by atoms with Gasteiger partial charge in [-0.1, -0.05) is 33.3 Å². The maximum absolute atomic E-state index is 8.80. The van der Waals surface area contributed by atoms with Crippen LogP contribution in [0.1, 0.15) is 6.42 Å². The fraction of sp³-hybridized carbons (Fsp3) is 0.273. The van der Waals surface area contributed by atoms with Crippen molar-refractivity contribution in [1.82, 2.24) is 15.0 Å². The van der Waals surface area contributed by atoms with E-state index in [2.05, 4.69) is 26.2 Å². The third-order valence-electron chi connectivity index (χ3n) is 2.27. The number of benzene rings is 1.